The van der Waals surface area contributed by atoms with Crippen molar-refractivity contribution in [2.45, 2.75) is 38.5 Å². The Balaban J connectivity index is 2.11. The summed E-state index contributed by atoms with van der Waals surface area (Å²) in [7, 11) is 0. The SMILES string of the molecule is CC1CC(CN)CN1C(C)c1ccc(C(F)(F)F)cc1. The molecule has 1 saturated heterocycles. The van der Waals surface area contributed by atoms with Gasteiger partial charge in [-0.1, -0.05) is 12.1 Å². The molecule has 0 aromatic heterocycles. The highest BCUT2D eigenvalue weighted by molar-refractivity contribution is 5.26. The minimum absolute atomic E-state index is 0.115. The lowest BCUT2D eigenvalue weighted by Gasteiger charge is -2.29. The molecule has 2 rings (SSSR count). The Morgan fingerprint density at radius 3 is 2.35 bits per heavy atom. The first-order valence-corrected chi connectivity index (χ1v) is 6.96. The number of benzene rings is 1. The highest BCUT2D eigenvalue weighted by Gasteiger charge is 2.33. The van der Waals surface area contributed by atoms with Gasteiger partial charge in [-0.25, -0.2) is 0 Å². The Morgan fingerprint density at radius 1 is 1.30 bits per heavy atom. The highest BCUT2D eigenvalue weighted by atomic mass is 19.4. The number of nitrogens with zero attached hydrogens (tertiary/aromatic N) is 1. The molecule has 0 radical (unpaired) electrons. The Morgan fingerprint density at radius 2 is 1.90 bits per heavy atom. The molecular weight excluding hydrogens is 265 g/mol. The summed E-state index contributed by atoms with van der Waals surface area (Å²) in [6.45, 7) is 5.77. The van der Waals surface area contributed by atoms with E-state index in [1.807, 2.05) is 6.92 Å². The van der Waals surface area contributed by atoms with Gasteiger partial charge in [0.25, 0.3) is 0 Å². The average Bonchev–Trinajstić information content (AvgIpc) is 2.78. The van der Waals surface area contributed by atoms with Gasteiger partial charge in [-0.05, 0) is 50.4 Å². The molecule has 2 nitrogen and oxygen atoms in total. The number of alkyl halides is 3. The molecule has 3 unspecified atom stereocenters. The monoisotopic (exact) mass is 286 g/mol. The van der Waals surface area contributed by atoms with E-state index in [-0.39, 0.29) is 6.04 Å². The number of hydrogen-bond acceptors (Lipinski definition) is 2. The molecule has 1 aromatic carbocycles. The summed E-state index contributed by atoms with van der Waals surface area (Å²) in [5, 5.41) is 0. The first-order chi connectivity index (χ1) is 9.32. The Labute approximate surface area is 117 Å². The zero-order chi connectivity index (χ0) is 14.9. The summed E-state index contributed by atoms with van der Waals surface area (Å²) in [5.74, 6) is 0.488. The molecule has 1 aliphatic rings. The van der Waals surface area contributed by atoms with Gasteiger partial charge in [0.15, 0.2) is 0 Å². The van der Waals surface area contributed by atoms with Crippen LogP contribution in [0.3, 0.4) is 0 Å². The van der Waals surface area contributed by atoms with Crippen LogP contribution in [0.15, 0.2) is 24.3 Å². The van der Waals surface area contributed by atoms with Crippen LogP contribution in [0, 0.1) is 5.92 Å². The van der Waals surface area contributed by atoms with Crippen LogP contribution in [-0.2, 0) is 6.18 Å². The van der Waals surface area contributed by atoms with Crippen molar-refractivity contribution in [2.24, 2.45) is 11.7 Å². The molecule has 112 valence electrons. The number of halogens is 3. The molecule has 2 N–H and O–H groups in total. The van der Waals surface area contributed by atoms with Gasteiger partial charge in [0.1, 0.15) is 0 Å². The Kier molecular flexibility index (Phi) is 4.39. The zero-order valence-corrected chi connectivity index (χ0v) is 11.8. The van der Waals surface area contributed by atoms with Crippen molar-refractivity contribution < 1.29 is 13.2 Å². The van der Waals surface area contributed by atoms with Crippen molar-refractivity contribution in [3.8, 4) is 0 Å². The fraction of sp³-hybridized carbons (Fsp3) is 0.600. The lowest BCUT2D eigenvalue weighted by atomic mass is 10.0. The van der Waals surface area contributed by atoms with E-state index in [0.29, 0.717) is 18.5 Å². The predicted octanol–water partition coefficient (Wildman–Crippen LogP) is 3.44. The minimum atomic E-state index is -4.27. The van der Waals surface area contributed by atoms with Gasteiger partial charge in [-0.2, -0.15) is 13.2 Å². The third-order valence-electron chi connectivity index (χ3n) is 4.26. The van der Waals surface area contributed by atoms with Gasteiger partial charge in [0.2, 0.25) is 0 Å². The molecule has 1 fully saturated rings. The van der Waals surface area contributed by atoms with Crippen LogP contribution in [0.4, 0.5) is 13.2 Å². The number of rotatable bonds is 3. The molecule has 3 atom stereocenters. The molecule has 0 spiro atoms. The predicted molar refractivity (Wildman–Crippen MR) is 73.2 cm³/mol. The quantitative estimate of drug-likeness (QED) is 0.922. The van der Waals surface area contributed by atoms with Crippen molar-refractivity contribution in [1.29, 1.82) is 0 Å². The first-order valence-electron chi connectivity index (χ1n) is 6.96. The summed E-state index contributed by atoms with van der Waals surface area (Å²) in [4.78, 5) is 2.32. The molecule has 1 aromatic rings. The second-order valence-corrected chi connectivity index (χ2v) is 5.68. The third kappa shape index (κ3) is 3.15. The fourth-order valence-corrected chi connectivity index (χ4v) is 3.02. The fourth-order valence-electron chi connectivity index (χ4n) is 3.02. The third-order valence-corrected chi connectivity index (χ3v) is 4.26. The number of likely N-dealkylation sites (tertiary alicyclic amines) is 1. The molecule has 0 saturated carbocycles. The summed E-state index contributed by atoms with van der Waals surface area (Å²) in [6, 6.07) is 6.01. The van der Waals surface area contributed by atoms with Gasteiger partial charge >= 0.3 is 6.18 Å². The van der Waals surface area contributed by atoms with Crippen LogP contribution >= 0.6 is 0 Å². The van der Waals surface area contributed by atoms with Crippen molar-refractivity contribution in [2.75, 3.05) is 13.1 Å². The molecular formula is C15H21F3N2. The van der Waals surface area contributed by atoms with E-state index in [9.17, 15) is 13.2 Å². The van der Waals surface area contributed by atoms with Gasteiger partial charge in [0, 0.05) is 18.6 Å². The maximum atomic E-state index is 12.6. The van der Waals surface area contributed by atoms with E-state index in [4.69, 9.17) is 5.73 Å². The average molecular weight is 286 g/mol. The number of hydrogen-bond donors (Lipinski definition) is 1. The topological polar surface area (TPSA) is 29.3 Å². The van der Waals surface area contributed by atoms with E-state index >= 15 is 0 Å². The molecule has 1 aliphatic heterocycles. The van der Waals surface area contributed by atoms with E-state index in [2.05, 4.69) is 11.8 Å². The molecule has 1 heterocycles. The molecule has 20 heavy (non-hydrogen) atoms. The van der Waals surface area contributed by atoms with Crippen molar-refractivity contribution in [1.82, 2.24) is 4.90 Å². The lowest BCUT2D eigenvalue weighted by Crippen LogP contribution is -2.30. The van der Waals surface area contributed by atoms with Gasteiger partial charge in [0.05, 0.1) is 5.56 Å². The van der Waals surface area contributed by atoms with Crippen LogP contribution in [0.2, 0.25) is 0 Å². The number of nitrogens with two attached hydrogens (primary N) is 1. The van der Waals surface area contributed by atoms with Gasteiger partial charge in [-0.15, -0.1) is 0 Å². The van der Waals surface area contributed by atoms with Crippen molar-refractivity contribution >= 4 is 0 Å². The van der Waals surface area contributed by atoms with Crippen molar-refractivity contribution in [3.05, 3.63) is 35.4 Å². The van der Waals surface area contributed by atoms with Crippen LogP contribution in [0.25, 0.3) is 0 Å². The Hall–Kier alpha value is -1.07. The van der Waals surface area contributed by atoms with Gasteiger partial charge < -0.3 is 5.73 Å². The van der Waals surface area contributed by atoms with Crippen LogP contribution < -0.4 is 5.73 Å². The molecule has 0 aliphatic carbocycles. The summed E-state index contributed by atoms with van der Waals surface area (Å²) in [5.41, 5.74) is 6.04. The largest absolute Gasteiger partial charge is 0.416 e. The second kappa shape index (κ2) is 5.74. The normalized spacial score (nSPS) is 25.9. The Bertz CT molecular complexity index is 441. The maximum absolute atomic E-state index is 12.6. The van der Waals surface area contributed by atoms with E-state index in [1.54, 1.807) is 12.1 Å². The smallest absolute Gasteiger partial charge is 0.330 e. The zero-order valence-electron chi connectivity index (χ0n) is 11.8. The van der Waals surface area contributed by atoms with Crippen LogP contribution in [-0.4, -0.2) is 24.0 Å². The van der Waals surface area contributed by atoms with Crippen molar-refractivity contribution in [3.63, 3.8) is 0 Å². The van der Waals surface area contributed by atoms with E-state index in [1.165, 1.54) is 0 Å². The summed E-state index contributed by atoms with van der Waals surface area (Å²) in [6.07, 6.45) is -3.21. The standard InChI is InChI=1S/C15H21F3N2/c1-10-7-12(8-19)9-20(10)11(2)13-3-5-14(6-4-13)15(16,17)18/h3-6,10-12H,7-9,19H2,1-2H3. The summed E-state index contributed by atoms with van der Waals surface area (Å²) >= 11 is 0. The lowest BCUT2D eigenvalue weighted by molar-refractivity contribution is -0.137. The maximum Gasteiger partial charge on any atom is 0.416 e. The first kappa shape index (κ1) is 15.3. The van der Waals surface area contributed by atoms with E-state index < -0.39 is 11.7 Å². The van der Waals surface area contributed by atoms with E-state index in [0.717, 1.165) is 30.7 Å². The molecule has 5 heteroatoms. The van der Waals surface area contributed by atoms with Crippen LogP contribution in [0.1, 0.15) is 37.4 Å². The summed E-state index contributed by atoms with van der Waals surface area (Å²) < 4.78 is 37.7. The minimum Gasteiger partial charge on any atom is -0.330 e. The molecule has 0 amide bonds. The highest BCUT2D eigenvalue weighted by Crippen LogP contribution is 2.34. The van der Waals surface area contributed by atoms with Crippen LogP contribution in [0.5, 0.6) is 0 Å². The molecule has 0 bridgehead atoms. The second-order valence-electron chi connectivity index (χ2n) is 5.68. The van der Waals surface area contributed by atoms with Gasteiger partial charge in [-0.3, -0.25) is 4.90 Å².